The SMILES string of the molecule is C/C=C1\C(=C\CCC)Cc2ccccc21.CC.CC.CC.Cc1ccc(-c2cc(-c3ccccc3)cc(-c3ccccc3)c2)cc1.Cc1ccc(-c2ccc(-c3ccccc3)cc2)cc1. The fourth-order valence-electron chi connectivity index (χ4n) is 7.62. The number of benzene rings is 8. The van der Waals surface area contributed by atoms with Crippen molar-refractivity contribution in [2.45, 2.75) is 88.5 Å². The van der Waals surface area contributed by atoms with Crippen molar-refractivity contribution < 1.29 is 0 Å². The van der Waals surface area contributed by atoms with Crippen LogP contribution in [0.1, 0.15) is 90.5 Å². The summed E-state index contributed by atoms with van der Waals surface area (Å²) < 4.78 is 0. The van der Waals surface area contributed by atoms with E-state index in [0.29, 0.717) is 0 Å². The topological polar surface area (TPSA) is 0 Å². The molecule has 0 radical (unpaired) electrons. The molecule has 0 saturated carbocycles. The molecule has 0 atom stereocenters. The quantitative estimate of drug-likeness (QED) is 0.150. The van der Waals surface area contributed by atoms with Crippen molar-refractivity contribution in [3.05, 3.63) is 246 Å². The fourth-order valence-corrected chi connectivity index (χ4v) is 7.62. The smallest absolute Gasteiger partial charge is 0.00167 e. The summed E-state index contributed by atoms with van der Waals surface area (Å²) in [5.74, 6) is 0. The van der Waals surface area contributed by atoms with Gasteiger partial charge in [-0.15, -0.1) is 0 Å². The van der Waals surface area contributed by atoms with Crippen molar-refractivity contribution in [2.24, 2.45) is 0 Å². The summed E-state index contributed by atoms with van der Waals surface area (Å²) in [4.78, 5) is 0. The number of aryl methyl sites for hydroxylation is 2. The Balaban J connectivity index is 0.000000207. The molecule has 65 heavy (non-hydrogen) atoms. The lowest BCUT2D eigenvalue weighted by Crippen LogP contribution is -1.86. The fraction of sp³-hybridized carbons (Fsp3) is 0.200. The molecule has 0 N–H and O–H groups in total. The van der Waals surface area contributed by atoms with Gasteiger partial charge in [0.2, 0.25) is 0 Å². The highest BCUT2D eigenvalue weighted by molar-refractivity contribution is 5.86. The average Bonchev–Trinajstić information content (AvgIpc) is 3.76. The van der Waals surface area contributed by atoms with Crippen LogP contribution in [0, 0.1) is 13.8 Å². The van der Waals surface area contributed by atoms with Crippen molar-refractivity contribution >= 4 is 5.57 Å². The normalized spacial score (nSPS) is 12.0. The number of hydrogen-bond acceptors (Lipinski definition) is 0. The van der Waals surface area contributed by atoms with Gasteiger partial charge in [0.1, 0.15) is 0 Å². The average molecular weight is 853 g/mol. The van der Waals surface area contributed by atoms with Crippen LogP contribution >= 0.6 is 0 Å². The molecule has 1 aliphatic carbocycles. The molecule has 0 amide bonds. The van der Waals surface area contributed by atoms with Gasteiger partial charge >= 0.3 is 0 Å². The van der Waals surface area contributed by atoms with Gasteiger partial charge in [0.25, 0.3) is 0 Å². The van der Waals surface area contributed by atoms with Crippen LogP contribution < -0.4 is 0 Å². The molecule has 0 bridgehead atoms. The van der Waals surface area contributed by atoms with Crippen molar-refractivity contribution in [2.75, 3.05) is 0 Å². The summed E-state index contributed by atoms with van der Waals surface area (Å²) in [7, 11) is 0. The maximum atomic E-state index is 2.40. The monoisotopic (exact) mass is 853 g/mol. The molecule has 0 fully saturated rings. The van der Waals surface area contributed by atoms with Crippen molar-refractivity contribution in [1.29, 1.82) is 0 Å². The molecule has 8 aromatic carbocycles. The molecule has 0 aromatic heterocycles. The zero-order valence-corrected chi connectivity index (χ0v) is 40.9. The second-order valence-corrected chi connectivity index (χ2v) is 15.3. The minimum Gasteiger partial charge on any atom is -0.0804 e. The van der Waals surface area contributed by atoms with Crippen LogP contribution in [-0.2, 0) is 6.42 Å². The molecule has 9 rings (SSSR count). The van der Waals surface area contributed by atoms with Crippen LogP contribution in [0.15, 0.2) is 224 Å². The van der Waals surface area contributed by atoms with E-state index in [4.69, 9.17) is 0 Å². The first-order valence-electron chi connectivity index (χ1n) is 24.0. The van der Waals surface area contributed by atoms with Gasteiger partial charge in [0.05, 0.1) is 0 Å². The Morgan fingerprint density at radius 1 is 0.369 bits per heavy atom. The summed E-state index contributed by atoms with van der Waals surface area (Å²) in [5.41, 5.74) is 21.0. The second-order valence-electron chi connectivity index (χ2n) is 15.3. The zero-order valence-electron chi connectivity index (χ0n) is 40.9. The third-order valence-electron chi connectivity index (χ3n) is 10.9. The molecule has 0 aliphatic heterocycles. The molecule has 0 nitrogen and oxygen atoms in total. The van der Waals surface area contributed by atoms with E-state index in [1.54, 1.807) is 0 Å². The van der Waals surface area contributed by atoms with E-state index >= 15 is 0 Å². The first-order chi connectivity index (χ1) is 32.0. The third kappa shape index (κ3) is 14.9. The summed E-state index contributed by atoms with van der Waals surface area (Å²) >= 11 is 0. The van der Waals surface area contributed by atoms with Crippen molar-refractivity contribution in [3.8, 4) is 55.6 Å². The first-order valence-corrected chi connectivity index (χ1v) is 24.0. The van der Waals surface area contributed by atoms with Crippen LogP contribution in [0.2, 0.25) is 0 Å². The molecule has 0 saturated heterocycles. The number of unbranched alkanes of at least 4 members (excludes halogenated alkanes) is 1. The molecule has 332 valence electrons. The lowest BCUT2D eigenvalue weighted by atomic mass is 9.93. The van der Waals surface area contributed by atoms with Gasteiger partial charge in [0, 0.05) is 0 Å². The summed E-state index contributed by atoms with van der Waals surface area (Å²) in [5, 5.41) is 0. The minimum absolute atomic E-state index is 1.12. The van der Waals surface area contributed by atoms with Crippen molar-refractivity contribution in [1.82, 2.24) is 0 Å². The molecular weight excluding hydrogens is 781 g/mol. The highest BCUT2D eigenvalue weighted by atomic mass is 14.2. The van der Waals surface area contributed by atoms with Gasteiger partial charge in [-0.25, -0.2) is 0 Å². The van der Waals surface area contributed by atoms with Gasteiger partial charge in [-0.05, 0) is 130 Å². The van der Waals surface area contributed by atoms with E-state index in [2.05, 4.69) is 240 Å². The second kappa shape index (κ2) is 28.1. The molecule has 0 heterocycles. The number of fused-ring (bicyclic) bond motifs is 1. The van der Waals surface area contributed by atoms with Gasteiger partial charge < -0.3 is 0 Å². The van der Waals surface area contributed by atoms with Crippen molar-refractivity contribution in [3.63, 3.8) is 0 Å². The van der Waals surface area contributed by atoms with Gasteiger partial charge in [-0.1, -0.05) is 266 Å². The molecule has 0 unspecified atom stereocenters. The predicted molar refractivity (Wildman–Crippen MR) is 290 cm³/mol. The Bertz CT molecular complexity index is 2530. The predicted octanol–water partition coefficient (Wildman–Crippen LogP) is 19.8. The number of rotatable bonds is 7. The van der Waals surface area contributed by atoms with E-state index in [9.17, 15) is 0 Å². The van der Waals surface area contributed by atoms with E-state index in [1.807, 2.05) is 47.6 Å². The van der Waals surface area contributed by atoms with E-state index in [1.165, 1.54) is 102 Å². The van der Waals surface area contributed by atoms with Crippen LogP contribution in [0.3, 0.4) is 0 Å². The lowest BCUT2D eigenvalue weighted by Gasteiger charge is -2.11. The third-order valence-corrected chi connectivity index (χ3v) is 10.9. The molecular formula is C65H72. The Morgan fingerprint density at radius 3 is 1.05 bits per heavy atom. The zero-order chi connectivity index (χ0) is 46.8. The van der Waals surface area contributed by atoms with E-state index in [-0.39, 0.29) is 0 Å². The van der Waals surface area contributed by atoms with E-state index < -0.39 is 0 Å². The molecule has 8 aromatic rings. The maximum absolute atomic E-state index is 2.40. The first kappa shape index (κ1) is 50.9. The standard InChI is InChI=1S/C25H20.C19H16.C15H18.3C2H6/c1-19-12-14-22(15-13-19)25-17-23(20-8-4-2-5-9-20)16-24(18-25)21-10-6-3-7-11-21;1-15-7-9-17(10-8-15)19-13-11-18(12-14-19)16-5-3-2-4-6-16;1-3-5-8-12-11-13-9-6-7-10-15(13)14(12)4-2;3*1-2/h2-18H,1H3;2-14H,1H3;4,6-10H,3,5,11H2,1-2H3;3*1-2H3/b;;12-8+,14-4+;;;. The van der Waals surface area contributed by atoms with Crippen LogP contribution in [0.4, 0.5) is 0 Å². The van der Waals surface area contributed by atoms with E-state index in [0.717, 1.165) is 6.42 Å². The van der Waals surface area contributed by atoms with Crippen LogP contribution in [0.25, 0.3) is 61.2 Å². The van der Waals surface area contributed by atoms with Gasteiger partial charge in [-0.3, -0.25) is 0 Å². The highest BCUT2D eigenvalue weighted by Crippen LogP contribution is 2.37. The summed E-state index contributed by atoms with van der Waals surface area (Å²) in [6.45, 7) is 20.6. The molecule has 1 aliphatic rings. The Labute approximate surface area is 394 Å². The summed E-state index contributed by atoms with van der Waals surface area (Å²) in [6, 6.07) is 73.4. The largest absolute Gasteiger partial charge is 0.0804 e. The summed E-state index contributed by atoms with van der Waals surface area (Å²) in [6.07, 6.45) is 8.19. The minimum atomic E-state index is 1.12. The van der Waals surface area contributed by atoms with Gasteiger partial charge in [-0.2, -0.15) is 0 Å². The number of allylic oxidation sites excluding steroid dienone is 4. The van der Waals surface area contributed by atoms with Gasteiger partial charge in [0.15, 0.2) is 0 Å². The van der Waals surface area contributed by atoms with Crippen LogP contribution in [0.5, 0.6) is 0 Å². The molecule has 0 heteroatoms. The highest BCUT2D eigenvalue weighted by Gasteiger charge is 2.19. The number of hydrogen-bond donors (Lipinski definition) is 0. The Hall–Kier alpha value is -6.76. The van der Waals surface area contributed by atoms with Crippen LogP contribution in [-0.4, -0.2) is 0 Å². The Morgan fingerprint density at radius 2 is 0.677 bits per heavy atom. The lowest BCUT2D eigenvalue weighted by molar-refractivity contribution is 0.949. The molecule has 0 spiro atoms. The maximum Gasteiger partial charge on any atom is -0.00167 e. The Kier molecular flexibility index (Phi) is 22.0.